The van der Waals surface area contributed by atoms with E-state index in [1.54, 1.807) is 13.8 Å². The van der Waals surface area contributed by atoms with Crippen LogP contribution in [0.4, 0.5) is 17.6 Å². The van der Waals surface area contributed by atoms with Crippen LogP contribution in [0, 0.1) is 34.8 Å². The van der Waals surface area contributed by atoms with E-state index in [4.69, 9.17) is 9.90 Å². The van der Waals surface area contributed by atoms with Gasteiger partial charge in [-0.1, -0.05) is 25.5 Å². The number of hydrogen-bond acceptors (Lipinski definition) is 2. The fourth-order valence-electron chi connectivity index (χ4n) is 2.45. The van der Waals surface area contributed by atoms with Gasteiger partial charge in [-0.15, -0.1) is 0 Å². The first kappa shape index (κ1) is 24.5. The summed E-state index contributed by atoms with van der Waals surface area (Å²) in [4.78, 5) is 12.5. The molecule has 0 atom stereocenters. The summed E-state index contributed by atoms with van der Waals surface area (Å²) in [5, 5.41) is 8.40. The normalized spacial score (nSPS) is 16.0. The fraction of sp³-hybridized carbons (Fsp3) is 0.444. The molecule has 1 aliphatic heterocycles. The SMILES string of the molecule is CC(=[OH+])/C=C(/C)O.CC1(C)CCCN=C1c1[c-]c(F)c(F)c(F)c1F.[Ir]. The van der Waals surface area contributed by atoms with Crippen molar-refractivity contribution in [3.05, 3.63) is 46.7 Å². The van der Waals surface area contributed by atoms with Crippen LogP contribution >= 0.6 is 0 Å². The molecule has 0 aromatic heterocycles. The molecule has 0 fully saturated rings. The standard InChI is InChI=1S/C13H12F4N.C5H8O2.Ir/c1-13(2)4-3-5-18-12(13)7-6-8(14)10(16)11(17)9(7)15;1-4(6)3-5(2)7;/h3-5H2,1-2H3;3,6H,1-2H3;/q-1;;/p+1/b;4-3-;. The summed E-state index contributed by atoms with van der Waals surface area (Å²) in [6, 6.07) is 1.92. The molecule has 0 spiro atoms. The smallest absolute Gasteiger partial charge is 0.316 e. The van der Waals surface area contributed by atoms with Gasteiger partial charge in [0.25, 0.3) is 0 Å². The molecule has 1 aromatic carbocycles. The van der Waals surface area contributed by atoms with Crippen LogP contribution in [0.5, 0.6) is 0 Å². The minimum absolute atomic E-state index is 0. The molecule has 2 rings (SSSR count). The van der Waals surface area contributed by atoms with Gasteiger partial charge in [0.2, 0.25) is 0 Å². The van der Waals surface area contributed by atoms with Gasteiger partial charge in [-0.25, -0.2) is 8.78 Å². The van der Waals surface area contributed by atoms with Gasteiger partial charge in [0.15, 0.2) is 0 Å². The molecule has 1 radical (unpaired) electrons. The Bertz CT molecular complexity index is 726. The molecule has 0 bridgehead atoms. The van der Waals surface area contributed by atoms with Crippen molar-refractivity contribution in [2.24, 2.45) is 10.4 Å². The number of aliphatic hydroxyl groups excluding tert-OH is 1. The quantitative estimate of drug-likeness (QED) is 0.109. The third-order valence-electron chi connectivity index (χ3n) is 3.56. The number of carbonyl (C=O) groups excluding carboxylic acids is 1. The summed E-state index contributed by atoms with van der Waals surface area (Å²) in [5.41, 5.74) is -0.674. The molecule has 2 N–H and O–H groups in total. The Balaban J connectivity index is 0.000000673. The molecule has 0 saturated heterocycles. The third-order valence-corrected chi connectivity index (χ3v) is 3.56. The molecule has 8 heteroatoms. The van der Waals surface area contributed by atoms with Crippen LogP contribution in [-0.4, -0.2) is 27.9 Å². The number of aliphatic hydroxyl groups is 1. The zero-order valence-corrected chi connectivity index (χ0v) is 17.3. The first-order chi connectivity index (χ1) is 11.5. The van der Waals surface area contributed by atoms with E-state index in [0.717, 1.165) is 12.8 Å². The van der Waals surface area contributed by atoms with Crippen molar-refractivity contribution in [2.75, 3.05) is 6.54 Å². The van der Waals surface area contributed by atoms with E-state index in [9.17, 15) is 17.6 Å². The van der Waals surface area contributed by atoms with E-state index < -0.39 is 34.2 Å². The summed E-state index contributed by atoms with van der Waals surface area (Å²) in [7, 11) is 0. The predicted octanol–water partition coefficient (Wildman–Crippen LogP) is 4.66. The van der Waals surface area contributed by atoms with E-state index in [2.05, 4.69) is 4.99 Å². The molecule has 1 heterocycles. The van der Waals surface area contributed by atoms with Crippen molar-refractivity contribution < 1.29 is 47.6 Å². The second-order valence-corrected chi connectivity index (χ2v) is 6.40. The molecule has 0 aliphatic carbocycles. The molecule has 3 nitrogen and oxygen atoms in total. The van der Waals surface area contributed by atoms with Crippen LogP contribution in [0.1, 0.15) is 46.1 Å². The van der Waals surface area contributed by atoms with E-state index in [1.807, 2.05) is 6.07 Å². The predicted molar refractivity (Wildman–Crippen MR) is 88.5 cm³/mol. The number of halogens is 4. The summed E-state index contributed by atoms with van der Waals surface area (Å²) < 4.78 is 52.9. The molecule has 0 saturated carbocycles. The Morgan fingerprint density at radius 2 is 1.73 bits per heavy atom. The number of ketones is 1. The van der Waals surface area contributed by atoms with Gasteiger partial charge in [-0.05, 0) is 30.9 Å². The minimum Gasteiger partial charge on any atom is -0.512 e. The van der Waals surface area contributed by atoms with Crippen LogP contribution in [-0.2, 0) is 20.1 Å². The zero-order valence-electron chi connectivity index (χ0n) is 14.9. The Morgan fingerprint density at radius 3 is 2.15 bits per heavy atom. The van der Waals surface area contributed by atoms with Crippen molar-refractivity contribution in [1.29, 1.82) is 0 Å². The van der Waals surface area contributed by atoms with Crippen LogP contribution in [0.15, 0.2) is 16.8 Å². The second kappa shape index (κ2) is 9.97. The van der Waals surface area contributed by atoms with Gasteiger partial charge in [0.1, 0.15) is 11.6 Å². The summed E-state index contributed by atoms with van der Waals surface area (Å²) in [5.74, 6) is -6.36. The molecular formula is C18H21F4IrNO2. The fourth-order valence-corrected chi connectivity index (χ4v) is 2.45. The Hall–Kier alpha value is -1.53. The number of allylic oxidation sites excluding steroid dienone is 2. The van der Waals surface area contributed by atoms with E-state index >= 15 is 0 Å². The summed E-state index contributed by atoms with van der Waals surface area (Å²) in [6.45, 7) is 7.07. The molecular weight excluding hydrogens is 530 g/mol. The van der Waals surface area contributed by atoms with Crippen molar-refractivity contribution >= 4 is 11.5 Å². The van der Waals surface area contributed by atoms with Crippen LogP contribution in [0.2, 0.25) is 0 Å². The van der Waals surface area contributed by atoms with Gasteiger partial charge in [-0.2, -0.15) is 0 Å². The maximum atomic E-state index is 13.7. The minimum atomic E-state index is -1.84. The number of nitrogens with zero attached hydrogens (tertiary/aromatic N) is 1. The first-order valence-corrected chi connectivity index (χ1v) is 7.67. The van der Waals surface area contributed by atoms with Gasteiger partial charge in [0.05, 0.1) is 30.4 Å². The molecule has 1 aliphatic rings. The first-order valence-electron chi connectivity index (χ1n) is 7.67. The van der Waals surface area contributed by atoms with Crippen molar-refractivity contribution in [3.8, 4) is 0 Å². The van der Waals surface area contributed by atoms with Crippen molar-refractivity contribution in [2.45, 2.75) is 40.5 Å². The second-order valence-electron chi connectivity index (χ2n) is 6.40. The van der Waals surface area contributed by atoms with Crippen molar-refractivity contribution in [3.63, 3.8) is 0 Å². The zero-order chi connectivity index (χ0) is 19.4. The number of aliphatic imine (C=N–C) groups is 1. The Labute approximate surface area is 163 Å². The summed E-state index contributed by atoms with van der Waals surface area (Å²) in [6.07, 6.45) is 2.82. The average molecular weight is 552 g/mol. The van der Waals surface area contributed by atoms with Crippen LogP contribution in [0.25, 0.3) is 0 Å². The molecule has 0 amide bonds. The number of benzene rings is 1. The summed E-state index contributed by atoms with van der Waals surface area (Å²) >= 11 is 0. The van der Waals surface area contributed by atoms with Gasteiger partial charge >= 0.3 is 5.78 Å². The van der Waals surface area contributed by atoms with Gasteiger partial charge in [-0.3, -0.25) is 13.6 Å². The molecule has 147 valence electrons. The monoisotopic (exact) mass is 552 g/mol. The maximum absolute atomic E-state index is 13.7. The largest absolute Gasteiger partial charge is 0.512 e. The van der Waals surface area contributed by atoms with Gasteiger partial charge < -0.3 is 10.1 Å². The number of rotatable bonds is 2. The topological polar surface area (TPSA) is 54.0 Å². The van der Waals surface area contributed by atoms with E-state index in [0.29, 0.717) is 6.54 Å². The number of hydrogen-bond donors (Lipinski definition) is 1. The average Bonchev–Trinajstić information content (AvgIpc) is 2.48. The Morgan fingerprint density at radius 1 is 1.15 bits per heavy atom. The van der Waals surface area contributed by atoms with Crippen molar-refractivity contribution in [1.82, 2.24) is 0 Å². The van der Waals surface area contributed by atoms with Gasteiger partial charge in [0, 0.05) is 26.7 Å². The van der Waals surface area contributed by atoms with E-state index in [1.165, 1.54) is 19.9 Å². The maximum Gasteiger partial charge on any atom is 0.316 e. The Kier molecular flexibility index (Phi) is 9.39. The van der Waals surface area contributed by atoms with Crippen LogP contribution < -0.4 is 0 Å². The third kappa shape index (κ3) is 6.32. The molecule has 1 aromatic rings. The van der Waals surface area contributed by atoms with Crippen LogP contribution in [0.3, 0.4) is 0 Å². The van der Waals surface area contributed by atoms with E-state index in [-0.39, 0.29) is 37.4 Å². The molecule has 0 unspecified atom stereocenters. The molecule has 26 heavy (non-hydrogen) atoms.